The van der Waals surface area contributed by atoms with Crippen molar-refractivity contribution in [3.8, 4) is 5.88 Å². The second-order valence-electron chi connectivity index (χ2n) is 6.63. The molecule has 138 valence electrons. The molecule has 0 radical (unpaired) electrons. The zero-order valence-electron chi connectivity index (χ0n) is 14.8. The van der Waals surface area contributed by atoms with E-state index in [1.54, 1.807) is 36.7 Å². The third-order valence-corrected chi connectivity index (χ3v) is 4.84. The first-order valence-corrected chi connectivity index (χ1v) is 9.09. The lowest BCUT2D eigenvalue weighted by molar-refractivity contribution is -0.382. The highest BCUT2D eigenvalue weighted by Crippen LogP contribution is 2.33. The molecule has 3 aromatic rings. The smallest absolute Gasteiger partial charge is 0.301 e. The lowest BCUT2D eigenvalue weighted by Crippen LogP contribution is -2.14. The Hall–Kier alpha value is -3.22. The number of nitrogens with zero attached hydrogens (tertiary/aromatic N) is 3. The summed E-state index contributed by atoms with van der Waals surface area (Å²) in [6, 6.07) is 10.7. The Balaban J connectivity index is 1.59. The number of nitrogens with one attached hydrogen (secondary N) is 1. The molecule has 1 aliphatic carbocycles. The van der Waals surface area contributed by atoms with E-state index in [4.69, 9.17) is 4.74 Å². The van der Waals surface area contributed by atoms with Crippen LogP contribution >= 0.6 is 0 Å². The van der Waals surface area contributed by atoms with Crippen molar-refractivity contribution in [1.29, 1.82) is 0 Å². The second kappa shape index (κ2) is 7.57. The van der Waals surface area contributed by atoms with Crippen LogP contribution in [-0.2, 0) is 6.54 Å². The molecule has 27 heavy (non-hydrogen) atoms. The van der Waals surface area contributed by atoms with Gasteiger partial charge in [-0.2, -0.15) is 0 Å². The third-order valence-electron chi connectivity index (χ3n) is 4.84. The van der Waals surface area contributed by atoms with E-state index in [-0.39, 0.29) is 16.7 Å². The number of aromatic nitrogens is 2. The number of nitro benzene ring substituents is 1. The number of benzene rings is 1. The zero-order valence-corrected chi connectivity index (χ0v) is 14.8. The van der Waals surface area contributed by atoms with Gasteiger partial charge in [-0.1, -0.05) is 6.07 Å². The van der Waals surface area contributed by atoms with Crippen LogP contribution in [0.15, 0.2) is 48.8 Å². The molecule has 0 aliphatic heterocycles. The average molecular weight is 364 g/mol. The highest BCUT2D eigenvalue weighted by Gasteiger charge is 2.21. The number of pyridine rings is 2. The van der Waals surface area contributed by atoms with Crippen molar-refractivity contribution in [1.82, 2.24) is 9.97 Å². The van der Waals surface area contributed by atoms with Crippen LogP contribution in [0.1, 0.15) is 31.2 Å². The van der Waals surface area contributed by atoms with Crippen LogP contribution in [0.5, 0.6) is 5.88 Å². The molecule has 2 heterocycles. The minimum atomic E-state index is -0.370. The van der Waals surface area contributed by atoms with E-state index in [2.05, 4.69) is 15.3 Å². The largest absolute Gasteiger partial charge is 0.474 e. The molecule has 7 heteroatoms. The van der Waals surface area contributed by atoms with Gasteiger partial charge in [-0.3, -0.25) is 15.1 Å². The van der Waals surface area contributed by atoms with Gasteiger partial charge in [-0.05, 0) is 56.0 Å². The van der Waals surface area contributed by atoms with E-state index in [0.29, 0.717) is 29.0 Å². The van der Waals surface area contributed by atoms with Gasteiger partial charge < -0.3 is 10.1 Å². The maximum absolute atomic E-state index is 11.6. The minimum absolute atomic E-state index is 0.0303. The van der Waals surface area contributed by atoms with Crippen LogP contribution in [0.25, 0.3) is 10.9 Å². The Morgan fingerprint density at radius 3 is 2.70 bits per heavy atom. The first-order valence-electron chi connectivity index (χ1n) is 9.09. The predicted molar refractivity (Wildman–Crippen MR) is 103 cm³/mol. The SMILES string of the molecule is O=[N+]([O-])c1c(NCc2cccnc2OC2CCCC2)ccc2ncccc12. The van der Waals surface area contributed by atoms with Gasteiger partial charge in [-0.15, -0.1) is 0 Å². The standard InChI is InChI=1S/C20H20N4O3/c25-24(26)19-16-8-4-11-21-17(16)9-10-18(19)23-13-14-5-3-12-22-20(14)27-15-6-1-2-7-15/h3-5,8-12,15,23H,1-2,6-7,13H2. The molecule has 2 aromatic heterocycles. The molecular weight excluding hydrogens is 344 g/mol. The van der Waals surface area contributed by atoms with Gasteiger partial charge in [0.05, 0.1) is 15.8 Å². The van der Waals surface area contributed by atoms with E-state index in [1.807, 2.05) is 12.1 Å². The van der Waals surface area contributed by atoms with Gasteiger partial charge in [-0.25, -0.2) is 4.98 Å². The predicted octanol–water partition coefficient (Wildman–Crippen LogP) is 4.47. The lowest BCUT2D eigenvalue weighted by Gasteiger charge is -2.16. The lowest BCUT2D eigenvalue weighted by atomic mass is 10.1. The van der Waals surface area contributed by atoms with Gasteiger partial charge in [0.2, 0.25) is 5.88 Å². The first-order chi connectivity index (χ1) is 13.2. The van der Waals surface area contributed by atoms with Gasteiger partial charge >= 0.3 is 5.69 Å². The third kappa shape index (κ3) is 3.67. The Morgan fingerprint density at radius 2 is 1.89 bits per heavy atom. The summed E-state index contributed by atoms with van der Waals surface area (Å²) in [4.78, 5) is 19.8. The Labute approximate surface area is 156 Å². The molecule has 0 amide bonds. The molecule has 4 rings (SSSR count). The molecule has 0 unspecified atom stereocenters. The second-order valence-corrected chi connectivity index (χ2v) is 6.63. The van der Waals surface area contributed by atoms with Crippen molar-refractivity contribution in [3.05, 3.63) is 64.5 Å². The minimum Gasteiger partial charge on any atom is -0.474 e. The average Bonchev–Trinajstić information content (AvgIpc) is 3.19. The Kier molecular flexibility index (Phi) is 4.82. The molecule has 1 N–H and O–H groups in total. The van der Waals surface area contributed by atoms with Crippen molar-refractivity contribution in [2.24, 2.45) is 0 Å². The van der Waals surface area contributed by atoms with E-state index in [9.17, 15) is 10.1 Å². The number of fused-ring (bicyclic) bond motifs is 1. The zero-order chi connectivity index (χ0) is 18.6. The van der Waals surface area contributed by atoms with Crippen molar-refractivity contribution < 1.29 is 9.66 Å². The van der Waals surface area contributed by atoms with Crippen LogP contribution in [0, 0.1) is 10.1 Å². The Morgan fingerprint density at radius 1 is 1.11 bits per heavy atom. The molecule has 1 aliphatic rings. The van der Waals surface area contributed by atoms with E-state index in [1.165, 1.54) is 12.8 Å². The molecule has 7 nitrogen and oxygen atoms in total. The summed E-state index contributed by atoms with van der Waals surface area (Å²) in [6.45, 7) is 0.391. The fourth-order valence-electron chi connectivity index (χ4n) is 3.50. The van der Waals surface area contributed by atoms with Crippen LogP contribution in [-0.4, -0.2) is 21.0 Å². The van der Waals surface area contributed by atoms with E-state index >= 15 is 0 Å². The summed E-state index contributed by atoms with van der Waals surface area (Å²) in [5.74, 6) is 0.599. The van der Waals surface area contributed by atoms with Gasteiger partial charge in [0.25, 0.3) is 0 Å². The summed E-state index contributed by atoms with van der Waals surface area (Å²) in [6.07, 6.45) is 8.00. The summed E-state index contributed by atoms with van der Waals surface area (Å²) in [5.41, 5.74) is 1.96. The molecule has 1 aromatic carbocycles. The maximum Gasteiger partial charge on any atom is 0.301 e. The van der Waals surface area contributed by atoms with Gasteiger partial charge in [0, 0.05) is 24.5 Å². The van der Waals surface area contributed by atoms with Crippen LogP contribution in [0.4, 0.5) is 11.4 Å². The number of hydrogen-bond acceptors (Lipinski definition) is 6. The summed E-state index contributed by atoms with van der Waals surface area (Å²) in [5, 5.41) is 15.3. The maximum atomic E-state index is 11.6. The van der Waals surface area contributed by atoms with Crippen LogP contribution in [0.2, 0.25) is 0 Å². The number of rotatable bonds is 6. The normalized spacial score (nSPS) is 14.4. The first kappa shape index (κ1) is 17.2. The highest BCUT2D eigenvalue weighted by atomic mass is 16.6. The Bertz CT molecular complexity index is 970. The number of nitro groups is 1. The number of hydrogen-bond donors (Lipinski definition) is 1. The summed E-state index contributed by atoms with van der Waals surface area (Å²) in [7, 11) is 0. The molecule has 0 saturated heterocycles. The number of anilines is 1. The van der Waals surface area contributed by atoms with Gasteiger partial charge in [0.15, 0.2) is 0 Å². The molecule has 0 bridgehead atoms. The summed E-state index contributed by atoms with van der Waals surface area (Å²) >= 11 is 0. The van der Waals surface area contributed by atoms with Crippen molar-refractivity contribution in [2.75, 3.05) is 5.32 Å². The number of ether oxygens (including phenoxy) is 1. The van der Waals surface area contributed by atoms with Crippen LogP contribution in [0.3, 0.4) is 0 Å². The van der Waals surface area contributed by atoms with E-state index in [0.717, 1.165) is 18.4 Å². The molecule has 0 atom stereocenters. The molecular formula is C20H20N4O3. The molecule has 0 spiro atoms. The fraction of sp³-hybridized carbons (Fsp3) is 0.300. The molecule has 1 saturated carbocycles. The quantitative estimate of drug-likeness (QED) is 0.512. The fourth-order valence-corrected chi connectivity index (χ4v) is 3.50. The summed E-state index contributed by atoms with van der Waals surface area (Å²) < 4.78 is 6.05. The van der Waals surface area contributed by atoms with Crippen LogP contribution < -0.4 is 10.1 Å². The van der Waals surface area contributed by atoms with Crippen molar-refractivity contribution in [2.45, 2.75) is 38.3 Å². The van der Waals surface area contributed by atoms with Crippen molar-refractivity contribution >= 4 is 22.3 Å². The van der Waals surface area contributed by atoms with E-state index < -0.39 is 0 Å². The topological polar surface area (TPSA) is 90.2 Å². The van der Waals surface area contributed by atoms with Crippen molar-refractivity contribution in [3.63, 3.8) is 0 Å². The van der Waals surface area contributed by atoms with Gasteiger partial charge in [0.1, 0.15) is 11.8 Å². The molecule has 1 fully saturated rings. The highest BCUT2D eigenvalue weighted by molar-refractivity contribution is 5.94. The monoisotopic (exact) mass is 364 g/mol.